The molecule has 0 radical (unpaired) electrons. The van der Waals surface area contributed by atoms with Gasteiger partial charge in [-0.15, -0.1) is 0 Å². The molecular formula is C23H21NO4. The molecule has 2 aliphatic rings. The van der Waals surface area contributed by atoms with Crippen molar-refractivity contribution in [2.45, 2.75) is 19.8 Å². The van der Waals surface area contributed by atoms with Crippen molar-refractivity contribution in [1.82, 2.24) is 0 Å². The Balaban J connectivity index is 1.43. The Hall–Kier alpha value is -3.21. The molecule has 0 spiro atoms. The third kappa shape index (κ3) is 3.36. The molecule has 5 heteroatoms. The van der Waals surface area contributed by atoms with Gasteiger partial charge in [-0.3, -0.25) is 19.3 Å². The van der Waals surface area contributed by atoms with Crippen LogP contribution in [0.4, 0.5) is 5.69 Å². The number of hydrogen-bond acceptors (Lipinski definition) is 4. The minimum Gasteiger partial charge on any atom is -0.485 e. The van der Waals surface area contributed by atoms with Crippen molar-refractivity contribution in [3.63, 3.8) is 0 Å². The fourth-order valence-corrected chi connectivity index (χ4v) is 3.84. The molecular weight excluding hydrogens is 354 g/mol. The van der Waals surface area contributed by atoms with E-state index in [0.717, 1.165) is 5.57 Å². The fourth-order valence-electron chi connectivity index (χ4n) is 3.84. The van der Waals surface area contributed by atoms with E-state index in [1.54, 1.807) is 48.5 Å². The van der Waals surface area contributed by atoms with Gasteiger partial charge >= 0.3 is 0 Å². The summed E-state index contributed by atoms with van der Waals surface area (Å²) >= 11 is 0. The molecule has 1 saturated heterocycles. The third-order valence-electron chi connectivity index (χ3n) is 5.38. The van der Waals surface area contributed by atoms with Crippen LogP contribution in [0.1, 0.15) is 30.1 Å². The van der Waals surface area contributed by atoms with Crippen LogP contribution in [-0.2, 0) is 9.59 Å². The van der Waals surface area contributed by atoms with E-state index in [2.05, 4.69) is 6.08 Å². The molecule has 0 N–H and O–H groups in total. The molecule has 142 valence electrons. The lowest BCUT2D eigenvalue weighted by molar-refractivity contribution is -0.122. The molecule has 1 aliphatic heterocycles. The van der Waals surface area contributed by atoms with Gasteiger partial charge in [0, 0.05) is 5.56 Å². The van der Waals surface area contributed by atoms with Gasteiger partial charge in [-0.1, -0.05) is 42.0 Å². The average Bonchev–Trinajstić information content (AvgIpc) is 2.97. The first-order valence-electron chi connectivity index (χ1n) is 9.39. The Morgan fingerprint density at radius 1 is 1.00 bits per heavy atom. The zero-order valence-corrected chi connectivity index (χ0v) is 15.6. The molecule has 2 aromatic rings. The highest BCUT2D eigenvalue weighted by Gasteiger charge is 2.48. The maximum atomic E-state index is 12.8. The van der Waals surface area contributed by atoms with E-state index in [1.807, 2.05) is 13.0 Å². The normalized spacial score (nSPS) is 21.3. The lowest BCUT2D eigenvalue weighted by atomic mass is 9.82. The van der Waals surface area contributed by atoms with Gasteiger partial charge in [0.25, 0.3) is 0 Å². The largest absolute Gasteiger partial charge is 0.485 e. The summed E-state index contributed by atoms with van der Waals surface area (Å²) in [6.07, 6.45) is 3.32. The molecule has 1 heterocycles. The molecule has 4 rings (SSSR count). The average molecular weight is 375 g/mol. The Morgan fingerprint density at radius 2 is 1.68 bits per heavy atom. The first kappa shape index (κ1) is 18.2. The summed E-state index contributed by atoms with van der Waals surface area (Å²) < 4.78 is 5.56. The van der Waals surface area contributed by atoms with Gasteiger partial charge in [0.05, 0.1) is 17.5 Å². The van der Waals surface area contributed by atoms with Crippen molar-refractivity contribution in [1.29, 1.82) is 0 Å². The number of benzene rings is 2. The molecule has 2 atom stereocenters. The minimum atomic E-state index is -0.254. The Kier molecular flexibility index (Phi) is 4.82. The molecule has 1 fully saturated rings. The summed E-state index contributed by atoms with van der Waals surface area (Å²) in [5.74, 6) is -0.363. The monoisotopic (exact) mass is 375 g/mol. The van der Waals surface area contributed by atoms with Crippen LogP contribution < -0.4 is 9.64 Å². The molecule has 0 bridgehead atoms. The van der Waals surface area contributed by atoms with Gasteiger partial charge in [-0.05, 0) is 44.0 Å². The Labute approximate surface area is 163 Å². The number of amides is 2. The molecule has 5 nitrogen and oxygen atoms in total. The standard InChI is InChI=1S/C23H21NO4/c1-15-7-12-19-20(13-15)23(27)24(22(19)26)17-8-10-18(11-9-17)28-14-21(25)16-5-3-2-4-6-16/h2-11,19-20H,12-14H2,1H3/t19-,20-/m1/s1. The topological polar surface area (TPSA) is 63.7 Å². The van der Waals surface area contributed by atoms with Crippen molar-refractivity contribution >= 4 is 23.3 Å². The minimum absolute atomic E-state index is 0.0694. The number of carbonyl (C=O) groups excluding carboxylic acids is 3. The first-order chi connectivity index (χ1) is 13.5. The van der Waals surface area contributed by atoms with Crippen LogP contribution >= 0.6 is 0 Å². The summed E-state index contributed by atoms with van der Waals surface area (Å²) in [7, 11) is 0. The lowest BCUT2D eigenvalue weighted by Crippen LogP contribution is -2.30. The van der Waals surface area contributed by atoms with E-state index < -0.39 is 0 Å². The van der Waals surface area contributed by atoms with Gasteiger partial charge in [-0.2, -0.15) is 0 Å². The number of allylic oxidation sites excluding steroid dienone is 2. The number of hydrogen-bond donors (Lipinski definition) is 0. The second-order valence-electron chi connectivity index (χ2n) is 7.29. The summed E-state index contributed by atoms with van der Waals surface area (Å²) in [6, 6.07) is 15.7. The van der Waals surface area contributed by atoms with Crippen LogP contribution in [0.2, 0.25) is 0 Å². The first-order valence-corrected chi connectivity index (χ1v) is 9.39. The van der Waals surface area contributed by atoms with Crippen LogP contribution in [0.15, 0.2) is 66.2 Å². The van der Waals surface area contributed by atoms with Gasteiger partial charge in [0.15, 0.2) is 12.4 Å². The predicted octanol–water partition coefficient (Wildman–Crippen LogP) is 3.79. The third-order valence-corrected chi connectivity index (χ3v) is 5.38. The number of ether oxygens (including phenoxy) is 1. The predicted molar refractivity (Wildman–Crippen MR) is 105 cm³/mol. The maximum Gasteiger partial charge on any atom is 0.238 e. The SMILES string of the molecule is CC1=CC[C@H]2C(=O)N(c3ccc(OCC(=O)c4ccccc4)cc3)C(=O)[C@@H]2C1. The van der Waals surface area contributed by atoms with Crippen molar-refractivity contribution in [3.8, 4) is 5.75 Å². The number of anilines is 1. The Morgan fingerprint density at radius 3 is 2.39 bits per heavy atom. The van der Waals surface area contributed by atoms with E-state index in [1.165, 1.54) is 4.90 Å². The van der Waals surface area contributed by atoms with Crippen LogP contribution in [0.3, 0.4) is 0 Å². The summed E-state index contributed by atoms with van der Waals surface area (Å²) in [4.78, 5) is 38.9. The molecule has 2 aromatic carbocycles. The number of imide groups is 1. The second kappa shape index (κ2) is 7.43. The molecule has 28 heavy (non-hydrogen) atoms. The van der Waals surface area contributed by atoms with Crippen LogP contribution in [0.25, 0.3) is 0 Å². The van der Waals surface area contributed by atoms with E-state index in [4.69, 9.17) is 4.74 Å². The number of Topliss-reactive ketones (excluding diaryl/α,β-unsaturated/α-hetero) is 1. The van der Waals surface area contributed by atoms with Crippen LogP contribution in [0.5, 0.6) is 5.75 Å². The summed E-state index contributed by atoms with van der Waals surface area (Å²) in [6.45, 7) is 1.93. The highest BCUT2D eigenvalue weighted by Crippen LogP contribution is 2.39. The molecule has 0 saturated carbocycles. The zero-order chi connectivity index (χ0) is 19.7. The smallest absolute Gasteiger partial charge is 0.238 e. The fraction of sp³-hybridized carbons (Fsp3) is 0.261. The number of rotatable bonds is 5. The van der Waals surface area contributed by atoms with Crippen molar-refractivity contribution in [3.05, 3.63) is 71.8 Å². The van der Waals surface area contributed by atoms with E-state index in [0.29, 0.717) is 29.8 Å². The van der Waals surface area contributed by atoms with E-state index >= 15 is 0 Å². The zero-order valence-electron chi connectivity index (χ0n) is 15.6. The van der Waals surface area contributed by atoms with Crippen LogP contribution in [0, 0.1) is 11.8 Å². The highest BCUT2D eigenvalue weighted by molar-refractivity contribution is 6.22. The summed E-state index contributed by atoms with van der Waals surface area (Å²) in [5, 5.41) is 0. The second-order valence-corrected chi connectivity index (χ2v) is 7.29. The quantitative estimate of drug-likeness (QED) is 0.453. The number of fused-ring (bicyclic) bond motifs is 1. The molecule has 2 amide bonds. The van der Waals surface area contributed by atoms with Gasteiger partial charge < -0.3 is 4.74 Å². The molecule has 0 unspecified atom stereocenters. The summed E-state index contributed by atoms with van der Waals surface area (Å²) in [5.41, 5.74) is 2.30. The van der Waals surface area contributed by atoms with E-state index in [9.17, 15) is 14.4 Å². The van der Waals surface area contributed by atoms with Crippen molar-refractivity contribution in [2.24, 2.45) is 11.8 Å². The molecule has 0 aromatic heterocycles. The highest BCUT2D eigenvalue weighted by atomic mass is 16.5. The number of nitrogens with zero attached hydrogens (tertiary/aromatic N) is 1. The maximum absolute atomic E-state index is 12.8. The number of ketones is 1. The number of carbonyl (C=O) groups is 3. The lowest BCUT2D eigenvalue weighted by Gasteiger charge is -2.18. The van der Waals surface area contributed by atoms with Crippen molar-refractivity contribution in [2.75, 3.05) is 11.5 Å². The Bertz CT molecular complexity index is 946. The molecule has 1 aliphatic carbocycles. The van der Waals surface area contributed by atoms with Crippen LogP contribution in [-0.4, -0.2) is 24.2 Å². The van der Waals surface area contributed by atoms with Gasteiger partial charge in [0.1, 0.15) is 5.75 Å². The van der Waals surface area contributed by atoms with Gasteiger partial charge in [-0.25, -0.2) is 0 Å². The van der Waals surface area contributed by atoms with Crippen molar-refractivity contribution < 1.29 is 19.1 Å². The van der Waals surface area contributed by atoms with Gasteiger partial charge in [0.2, 0.25) is 11.8 Å². The van der Waals surface area contributed by atoms with E-state index in [-0.39, 0.29) is 36.0 Å².